The second-order valence-corrected chi connectivity index (χ2v) is 5.88. The van der Waals surface area contributed by atoms with Gasteiger partial charge < -0.3 is 15.4 Å². The summed E-state index contributed by atoms with van der Waals surface area (Å²) in [6.45, 7) is 2.39. The molecule has 2 rings (SSSR count). The van der Waals surface area contributed by atoms with Crippen molar-refractivity contribution in [2.24, 2.45) is 0 Å². The summed E-state index contributed by atoms with van der Waals surface area (Å²) in [5.41, 5.74) is 0. The zero-order valence-electron chi connectivity index (χ0n) is 12.2. The third kappa shape index (κ3) is 6.21. The van der Waals surface area contributed by atoms with Gasteiger partial charge in [0.25, 0.3) is 0 Å². The van der Waals surface area contributed by atoms with Crippen molar-refractivity contribution >= 4 is 41.5 Å². The average molecular weight is 368 g/mol. The topological polar surface area (TPSA) is 50.4 Å². The number of nitrogens with one attached hydrogen (secondary N) is 2. The Labute approximate surface area is 147 Å². The molecule has 0 aromatic heterocycles. The average Bonchev–Trinajstić information content (AvgIpc) is 2.49. The van der Waals surface area contributed by atoms with Crippen LogP contribution < -0.4 is 15.4 Å². The maximum Gasteiger partial charge on any atom is 0.220 e. The van der Waals surface area contributed by atoms with Gasteiger partial charge in [0.2, 0.25) is 5.91 Å². The quantitative estimate of drug-likeness (QED) is 0.757. The minimum atomic E-state index is 0. The monoisotopic (exact) mass is 366 g/mol. The van der Waals surface area contributed by atoms with Crippen LogP contribution in [-0.2, 0) is 4.79 Å². The third-order valence-corrected chi connectivity index (χ3v) is 4.23. The van der Waals surface area contributed by atoms with Crippen LogP contribution in [0, 0.1) is 0 Å². The highest BCUT2D eigenvalue weighted by atomic mass is 35.5. The molecule has 1 aromatic carbocycles. The molecular weight excluding hydrogens is 347 g/mol. The highest BCUT2D eigenvalue weighted by molar-refractivity contribution is 6.42. The molecule has 124 valence electrons. The first-order valence-electron chi connectivity index (χ1n) is 7.23. The lowest BCUT2D eigenvalue weighted by molar-refractivity contribution is -0.122. The summed E-state index contributed by atoms with van der Waals surface area (Å²) >= 11 is 11.9. The number of amides is 1. The van der Waals surface area contributed by atoms with Crippen LogP contribution in [0.1, 0.15) is 25.7 Å². The summed E-state index contributed by atoms with van der Waals surface area (Å²) in [7, 11) is 0. The lowest BCUT2D eigenvalue weighted by Crippen LogP contribution is -2.42. The van der Waals surface area contributed by atoms with Gasteiger partial charge in [0.05, 0.1) is 11.6 Å². The smallest absolute Gasteiger partial charge is 0.220 e. The molecule has 1 heterocycles. The SMILES string of the molecule is Cl.O=C(CCCOc1cccc(Cl)c1Cl)NC1CCNCC1. The van der Waals surface area contributed by atoms with Gasteiger partial charge in [-0.1, -0.05) is 29.3 Å². The van der Waals surface area contributed by atoms with Crippen LogP contribution >= 0.6 is 35.6 Å². The van der Waals surface area contributed by atoms with E-state index in [2.05, 4.69) is 10.6 Å². The fourth-order valence-electron chi connectivity index (χ4n) is 2.28. The lowest BCUT2D eigenvalue weighted by atomic mass is 10.1. The molecule has 1 aliphatic rings. The number of rotatable bonds is 6. The second kappa shape index (κ2) is 10.2. The molecule has 4 nitrogen and oxygen atoms in total. The predicted octanol–water partition coefficient (Wildman–Crippen LogP) is 3.44. The lowest BCUT2D eigenvalue weighted by Gasteiger charge is -2.23. The van der Waals surface area contributed by atoms with Crippen molar-refractivity contribution in [3.05, 3.63) is 28.2 Å². The van der Waals surface area contributed by atoms with E-state index in [4.69, 9.17) is 27.9 Å². The van der Waals surface area contributed by atoms with Crippen molar-refractivity contribution in [2.75, 3.05) is 19.7 Å². The van der Waals surface area contributed by atoms with Gasteiger partial charge in [-0.25, -0.2) is 0 Å². The van der Waals surface area contributed by atoms with E-state index < -0.39 is 0 Å². The van der Waals surface area contributed by atoms with Crippen molar-refractivity contribution in [1.82, 2.24) is 10.6 Å². The van der Waals surface area contributed by atoms with E-state index in [1.807, 2.05) is 0 Å². The predicted molar refractivity (Wildman–Crippen MR) is 92.5 cm³/mol. The Morgan fingerprint density at radius 2 is 2.05 bits per heavy atom. The number of piperidine rings is 1. The minimum Gasteiger partial charge on any atom is -0.492 e. The summed E-state index contributed by atoms with van der Waals surface area (Å²) in [5.74, 6) is 0.644. The van der Waals surface area contributed by atoms with Gasteiger partial charge in [0, 0.05) is 12.5 Å². The van der Waals surface area contributed by atoms with Crippen molar-refractivity contribution in [3.63, 3.8) is 0 Å². The van der Waals surface area contributed by atoms with Crippen molar-refractivity contribution in [2.45, 2.75) is 31.7 Å². The van der Waals surface area contributed by atoms with Gasteiger partial charge in [-0.3, -0.25) is 4.79 Å². The number of halogens is 3. The minimum absolute atomic E-state index is 0. The van der Waals surface area contributed by atoms with Crippen LogP contribution in [0.5, 0.6) is 5.75 Å². The Morgan fingerprint density at radius 3 is 2.77 bits per heavy atom. The molecule has 1 fully saturated rings. The zero-order chi connectivity index (χ0) is 15.1. The Bertz CT molecular complexity index is 480. The van der Waals surface area contributed by atoms with E-state index in [1.54, 1.807) is 18.2 Å². The standard InChI is InChI=1S/C15H20Cl2N2O2.ClH/c16-12-3-1-4-13(15(12)17)21-10-2-5-14(20)19-11-6-8-18-9-7-11;/h1,3-4,11,18H,2,5-10H2,(H,19,20);1H. The molecule has 1 amide bonds. The Morgan fingerprint density at radius 1 is 1.32 bits per heavy atom. The van der Waals surface area contributed by atoms with Gasteiger partial charge in [0.15, 0.2) is 0 Å². The first kappa shape index (κ1) is 19.4. The van der Waals surface area contributed by atoms with E-state index in [1.165, 1.54) is 0 Å². The molecule has 0 spiro atoms. The van der Waals surface area contributed by atoms with Crippen LogP contribution in [-0.4, -0.2) is 31.6 Å². The molecule has 1 aliphatic heterocycles. The molecule has 0 aliphatic carbocycles. The first-order chi connectivity index (χ1) is 10.2. The van der Waals surface area contributed by atoms with Gasteiger partial charge in [-0.05, 0) is 44.5 Å². The molecule has 0 saturated carbocycles. The van der Waals surface area contributed by atoms with Crippen LogP contribution in [0.4, 0.5) is 0 Å². The summed E-state index contributed by atoms with van der Waals surface area (Å²) < 4.78 is 5.55. The van der Waals surface area contributed by atoms with Gasteiger partial charge in [0.1, 0.15) is 10.8 Å². The Hall–Kier alpha value is -0.680. The summed E-state index contributed by atoms with van der Waals surface area (Å²) in [6, 6.07) is 5.57. The Balaban J connectivity index is 0.00000242. The van der Waals surface area contributed by atoms with E-state index >= 15 is 0 Å². The van der Waals surface area contributed by atoms with Crippen LogP contribution in [0.25, 0.3) is 0 Å². The van der Waals surface area contributed by atoms with Crippen LogP contribution in [0.3, 0.4) is 0 Å². The van der Waals surface area contributed by atoms with Gasteiger partial charge in [-0.2, -0.15) is 0 Å². The molecule has 22 heavy (non-hydrogen) atoms. The number of carbonyl (C=O) groups is 1. The number of benzene rings is 1. The van der Waals surface area contributed by atoms with Crippen LogP contribution in [0.2, 0.25) is 10.0 Å². The fraction of sp³-hybridized carbons (Fsp3) is 0.533. The van der Waals surface area contributed by atoms with Gasteiger partial charge in [-0.15, -0.1) is 12.4 Å². The highest BCUT2D eigenvalue weighted by Crippen LogP contribution is 2.31. The molecule has 0 bridgehead atoms. The van der Waals surface area contributed by atoms with Crippen molar-refractivity contribution < 1.29 is 9.53 Å². The molecule has 1 aromatic rings. The number of ether oxygens (including phenoxy) is 1. The maximum atomic E-state index is 11.8. The van der Waals surface area contributed by atoms with E-state index in [-0.39, 0.29) is 18.3 Å². The van der Waals surface area contributed by atoms with Crippen molar-refractivity contribution in [3.8, 4) is 5.75 Å². The number of hydrogen-bond acceptors (Lipinski definition) is 3. The molecule has 0 atom stereocenters. The molecule has 7 heteroatoms. The van der Waals surface area contributed by atoms with Crippen LogP contribution in [0.15, 0.2) is 18.2 Å². The molecule has 1 saturated heterocycles. The molecular formula is C15H21Cl3N2O2. The zero-order valence-corrected chi connectivity index (χ0v) is 14.6. The van der Waals surface area contributed by atoms with E-state index in [9.17, 15) is 4.79 Å². The highest BCUT2D eigenvalue weighted by Gasteiger charge is 2.15. The third-order valence-electron chi connectivity index (χ3n) is 3.43. The normalized spacial score (nSPS) is 15.0. The molecule has 0 radical (unpaired) electrons. The number of hydrogen-bond donors (Lipinski definition) is 2. The molecule has 0 unspecified atom stereocenters. The summed E-state index contributed by atoms with van der Waals surface area (Å²) in [6.07, 6.45) is 3.11. The van der Waals surface area contributed by atoms with Crippen molar-refractivity contribution in [1.29, 1.82) is 0 Å². The summed E-state index contributed by atoms with van der Waals surface area (Å²) in [4.78, 5) is 11.8. The second-order valence-electron chi connectivity index (χ2n) is 5.10. The maximum absolute atomic E-state index is 11.8. The van der Waals surface area contributed by atoms with E-state index in [0.717, 1.165) is 25.9 Å². The van der Waals surface area contributed by atoms with Gasteiger partial charge >= 0.3 is 0 Å². The Kier molecular flexibility index (Phi) is 8.95. The number of carbonyl (C=O) groups excluding carboxylic acids is 1. The summed E-state index contributed by atoms with van der Waals surface area (Å²) in [5, 5.41) is 7.22. The molecule has 2 N–H and O–H groups in total. The largest absolute Gasteiger partial charge is 0.492 e. The fourth-order valence-corrected chi connectivity index (χ4v) is 2.62. The first-order valence-corrected chi connectivity index (χ1v) is 7.99. The van der Waals surface area contributed by atoms with E-state index in [0.29, 0.717) is 41.3 Å².